The minimum absolute atomic E-state index is 0.0888. The van der Waals surface area contributed by atoms with E-state index in [2.05, 4.69) is 16.0 Å². The van der Waals surface area contributed by atoms with Crippen LogP contribution in [0.15, 0.2) is 24.3 Å². The summed E-state index contributed by atoms with van der Waals surface area (Å²) in [6.07, 6.45) is 1.85. The van der Waals surface area contributed by atoms with Crippen molar-refractivity contribution in [3.05, 3.63) is 29.3 Å². The quantitative estimate of drug-likeness (QED) is 0.418. The second-order valence-corrected chi connectivity index (χ2v) is 11.8. The van der Waals surface area contributed by atoms with Crippen LogP contribution in [0.1, 0.15) is 58.8 Å². The third-order valence-corrected chi connectivity index (χ3v) is 8.26. The number of amides is 3. The highest BCUT2D eigenvalue weighted by Gasteiger charge is 2.61. The molecule has 2 bridgehead atoms. The van der Waals surface area contributed by atoms with E-state index in [-0.39, 0.29) is 24.7 Å². The smallest absolute Gasteiger partial charge is 0.255 e. The lowest BCUT2D eigenvalue weighted by atomic mass is 9.71. The molecule has 39 heavy (non-hydrogen) atoms. The fourth-order valence-corrected chi connectivity index (χ4v) is 6.41. The number of piperidine rings is 3. The number of carbonyl (C=O) groups is 3. The molecule has 3 aliphatic heterocycles. The van der Waals surface area contributed by atoms with E-state index in [1.54, 1.807) is 24.3 Å². The number of hydrogen-bond donors (Lipinski definition) is 3. The number of rotatable bonds is 9. The zero-order valence-corrected chi connectivity index (χ0v) is 23.0. The van der Waals surface area contributed by atoms with E-state index in [4.69, 9.17) is 11.6 Å². The molecule has 0 aromatic heterocycles. The SMILES string of the molecule is CC(C)C[C@H](Nc1cccc(Cl)c1)C(=O)N1[C@H]2CC[C@@H]([C@H]1C(=O)N[C@H](C#N)C[C@H]1CCCNC1=O)C(F)(F)C2. The van der Waals surface area contributed by atoms with E-state index in [9.17, 15) is 19.6 Å². The van der Waals surface area contributed by atoms with Crippen LogP contribution in [0, 0.1) is 29.1 Å². The van der Waals surface area contributed by atoms with Crippen molar-refractivity contribution in [3.8, 4) is 6.07 Å². The standard InChI is InChI=1S/C28H36ClF2N5O3/c1-16(2)11-23(34-19-7-3-6-18(29)13-19)27(39)36-21-8-9-22(28(30,31)14-21)24(36)26(38)35-20(15-32)12-17-5-4-10-33-25(17)37/h3,6-7,13,16-17,20-24,34H,4-5,8-12,14H2,1-2H3,(H,33,37)(H,35,38)/t17-,20+,21+,22+,23+,24+/m1/s1. The molecule has 3 N–H and O–H groups in total. The second-order valence-electron chi connectivity index (χ2n) is 11.4. The monoisotopic (exact) mass is 563 g/mol. The molecule has 4 fully saturated rings. The summed E-state index contributed by atoms with van der Waals surface area (Å²) in [4.78, 5) is 41.2. The van der Waals surface area contributed by atoms with Gasteiger partial charge in [-0.25, -0.2) is 8.78 Å². The first-order valence-corrected chi connectivity index (χ1v) is 14.1. The van der Waals surface area contributed by atoms with Crippen LogP contribution in [0.25, 0.3) is 0 Å². The first kappa shape index (κ1) is 29.1. The third kappa shape index (κ3) is 6.63. The van der Waals surface area contributed by atoms with Crippen LogP contribution in [0.4, 0.5) is 14.5 Å². The van der Waals surface area contributed by atoms with Crippen molar-refractivity contribution in [1.82, 2.24) is 15.5 Å². The highest BCUT2D eigenvalue weighted by Crippen LogP contribution is 2.49. The third-order valence-electron chi connectivity index (χ3n) is 8.02. The summed E-state index contributed by atoms with van der Waals surface area (Å²) in [5, 5.41) is 18.8. The first-order chi connectivity index (χ1) is 18.5. The molecule has 1 aliphatic carbocycles. The summed E-state index contributed by atoms with van der Waals surface area (Å²) in [7, 11) is 0. The van der Waals surface area contributed by atoms with Crippen molar-refractivity contribution >= 4 is 35.0 Å². The number of alkyl halides is 2. The summed E-state index contributed by atoms with van der Waals surface area (Å²) in [5.74, 6) is -6.18. The van der Waals surface area contributed by atoms with Crippen LogP contribution in [0.2, 0.25) is 5.02 Å². The van der Waals surface area contributed by atoms with Crippen molar-refractivity contribution in [2.75, 3.05) is 11.9 Å². The number of fused-ring (bicyclic) bond motifs is 3. The molecule has 6 atom stereocenters. The summed E-state index contributed by atoms with van der Waals surface area (Å²) in [6, 6.07) is 4.91. The number of carbonyl (C=O) groups excluding carboxylic acids is 3. The van der Waals surface area contributed by atoms with Gasteiger partial charge < -0.3 is 20.9 Å². The number of nitrogens with zero attached hydrogens (tertiary/aromatic N) is 2. The van der Waals surface area contributed by atoms with Gasteiger partial charge >= 0.3 is 0 Å². The number of nitriles is 1. The molecule has 3 amide bonds. The van der Waals surface area contributed by atoms with E-state index in [0.29, 0.717) is 36.5 Å². The summed E-state index contributed by atoms with van der Waals surface area (Å²) >= 11 is 6.13. The first-order valence-electron chi connectivity index (χ1n) is 13.7. The fraction of sp³-hybridized carbons (Fsp3) is 0.643. The molecule has 0 spiro atoms. The van der Waals surface area contributed by atoms with Crippen LogP contribution in [-0.4, -0.2) is 59.3 Å². The predicted octanol–water partition coefficient (Wildman–Crippen LogP) is 4.11. The van der Waals surface area contributed by atoms with E-state index < -0.39 is 60.2 Å². The van der Waals surface area contributed by atoms with Gasteiger partial charge in [0.1, 0.15) is 18.1 Å². The Kier molecular flexibility index (Phi) is 9.00. The largest absolute Gasteiger partial charge is 0.374 e. The zero-order valence-electron chi connectivity index (χ0n) is 22.3. The molecule has 212 valence electrons. The van der Waals surface area contributed by atoms with Crippen LogP contribution in [0.3, 0.4) is 0 Å². The maximum absolute atomic E-state index is 15.1. The Morgan fingerprint density at radius 3 is 2.69 bits per heavy atom. The van der Waals surface area contributed by atoms with E-state index in [0.717, 1.165) is 6.42 Å². The van der Waals surface area contributed by atoms with Gasteiger partial charge in [-0.15, -0.1) is 0 Å². The van der Waals surface area contributed by atoms with Crippen molar-refractivity contribution in [1.29, 1.82) is 5.26 Å². The van der Waals surface area contributed by atoms with Gasteiger partial charge in [0, 0.05) is 35.6 Å². The Bertz CT molecular complexity index is 1130. The minimum atomic E-state index is -3.11. The highest BCUT2D eigenvalue weighted by atomic mass is 35.5. The van der Waals surface area contributed by atoms with Crippen LogP contribution < -0.4 is 16.0 Å². The lowest BCUT2D eigenvalue weighted by molar-refractivity contribution is -0.194. The van der Waals surface area contributed by atoms with Gasteiger partial charge in [0.2, 0.25) is 17.7 Å². The predicted molar refractivity (Wildman–Crippen MR) is 143 cm³/mol. The lowest BCUT2D eigenvalue weighted by Gasteiger charge is -2.54. The van der Waals surface area contributed by atoms with Crippen molar-refractivity contribution in [3.63, 3.8) is 0 Å². The van der Waals surface area contributed by atoms with Gasteiger partial charge in [-0.2, -0.15) is 5.26 Å². The molecular weight excluding hydrogens is 528 g/mol. The molecule has 3 heterocycles. The molecule has 3 saturated heterocycles. The fourth-order valence-electron chi connectivity index (χ4n) is 6.22. The average Bonchev–Trinajstić information content (AvgIpc) is 2.87. The van der Waals surface area contributed by atoms with E-state index in [1.165, 1.54) is 4.90 Å². The molecule has 4 aliphatic rings. The lowest BCUT2D eigenvalue weighted by Crippen LogP contribution is -2.70. The maximum atomic E-state index is 15.1. The Labute approximate surface area is 232 Å². The molecule has 8 nitrogen and oxygen atoms in total. The molecule has 11 heteroatoms. The summed E-state index contributed by atoms with van der Waals surface area (Å²) in [6.45, 7) is 4.48. The molecular formula is C28H36ClF2N5O3. The molecule has 0 radical (unpaired) electrons. The number of hydrogen-bond acceptors (Lipinski definition) is 5. The Morgan fingerprint density at radius 2 is 2.05 bits per heavy atom. The molecule has 5 rings (SSSR count). The second kappa shape index (κ2) is 12.1. The average molecular weight is 564 g/mol. The molecule has 0 unspecified atom stereocenters. The van der Waals surface area contributed by atoms with Crippen molar-refractivity contribution in [2.24, 2.45) is 17.8 Å². The maximum Gasteiger partial charge on any atom is 0.255 e. The molecule has 1 aromatic carbocycles. The van der Waals surface area contributed by atoms with Gasteiger partial charge in [-0.1, -0.05) is 31.5 Å². The summed E-state index contributed by atoms with van der Waals surface area (Å²) in [5.41, 5.74) is 0.616. The van der Waals surface area contributed by atoms with Crippen LogP contribution in [0.5, 0.6) is 0 Å². The highest BCUT2D eigenvalue weighted by molar-refractivity contribution is 6.30. The number of nitrogens with one attached hydrogen (secondary N) is 3. The van der Waals surface area contributed by atoms with Crippen molar-refractivity contribution < 1.29 is 23.2 Å². The van der Waals surface area contributed by atoms with Crippen LogP contribution in [-0.2, 0) is 14.4 Å². The Hall–Kier alpha value is -2.93. The zero-order chi connectivity index (χ0) is 28.3. The van der Waals surface area contributed by atoms with Gasteiger partial charge in [-0.3, -0.25) is 14.4 Å². The van der Waals surface area contributed by atoms with E-state index in [1.807, 2.05) is 19.9 Å². The van der Waals surface area contributed by atoms with Gasteiger partial charge in [0.25, 0.3) is 5.92 Å². The molecule has 1 saturated carbocycles. The van der Waals surface area contributed by atoms with E-state index >= 15 is 8.78 Å². The Morgan fingerprint density at radius 1 is 1.28 bits per heavy atom. The van der Waals surface area contributed by atoms with Crippen molar-refractivity contribution in [2.45, 2.75) is 88.9 Å². The number of benzene rings is 1. The molecule has 1 aromatic rings. The van der Waals surface area contributed by atoms with Crippen LogP contribution >= 0.6 is 11.6 Å². The van der Waals surface area contributed by atoms with Gasteiger partial charge in [-0.05, 0) is 62.6 Å². The Balaban J connectivity index is 1.58. The normalized spacial score (nSPS) is 27.3. The van der Waals surface area contributed by atoms with Gasteiger partial charge in [0.15, 0.2) is 0 Å². The van der Waals surface area contributed by atoms with Gasteiger partial charge in [0.05, 0.1) is 12.0 Å². The summed E-state index contributed by atoms with van der Waals surface area (Å²) < 4.78 is 30.3. The minimum Gasteiger partial charge on any atom is -0.374 e. The number of anilines is 1. The topological polar surface area (TPSA) is 114 Å². The number of halogens is 3.